The maximum atomic E-state index is 13.1. The summed E-state index contributed by atoms with van der Waals surface area (Å²) in [6.07, 6.45) is 0.647. The van der Waals surface area contributed by atoms with E-state index in [0.29, 0.717) is 18.9 Å². The summed E-state index contributed by atoms with van der Waals surface area (Å²) in [5, 5.41) is 3.62. The van der Waals surface area contributed by atoms with Crippen molar-refractivity contribution in [1.29, 1.82) is 0 Å². The summed E-state index contributed by atoms with van der Waals surface area (Å²) in [4.78, 5) is 4.02. The van der Waals surface area contributed by atoms with Crippen LogP contribution in [0.25, 0.3) is 11.4 Å². The normalized spacial score (nSPS) is 12.7. The van der Waals surface area contributed by atoms with Crippen LogP contribution in [0.5, 0.6) is 0 Å². The van der Waals surface area contributed by atoms with Crippen molar-refractivity contribution in [3.8, 4) is 11.4 Å². The summed E-state index contributed by atoms with van der Waals surface area (Å²) in [5.74, 6) is -3.83. The third kappa shape index (κ3) is 2.76. The van der Waals surface area contributed by atoms with Crippen molar-refractivity contribution < 1.29 is 17.7 Å². The quantitative estimate of drug-likeness (QED) is 0.868. The van der Waals surface area contributed by atoms with Crippen molar-refractivity contribution in [2.45, 2.75) is 19.3 Å². The number of benzene rings is 1. The maximum absolute atomic E-state index is 13.1. The first-order chi connectivity index (χ1) is 9.02. The van der Waals surface area contributed by atoms with Gasteiger partial charge >= 0.3 is 0 Å². The smallest absolute Gasteiger partial charge is 0.229 e. The first-order valence-corrected chi connectivity index (χ1v) is 5.71. The highest BCUT2D eigenvalue weighted by Crippen LogP contribution is 2.24. The molecule has 2 aromatic rings. The van der Waals surface area contributed by atoms with E-state index in [-0.39, 0.29) is 17.3 Å². The predicted octanol–water partition coefficient (Wildman–Crippen LogP) is 2.61. The summed E-state index contributed by atoms with van der Waals surface area (Å²) in [6, 6.07) is 1.64. The van der Waals surface area contributed by atoms with Crippen LogP contribution < -0.4 is 5.73 Å². The summed E-state index contributed by atoms with van der Waals surface area (Å²) in [6.45, 7) is 2.30. The molecule has 1 heterocycles. The zero-order valence-electron chi connectivity index (χ0n) is 10.2. The molecule has 4 nitrogen and oxygen atoms in total. The van der Waals surface area contributed by atoms with Crippen LogP contribution in [0.4, 0.5) is 13.2 Å². The Morgan fingerprint density at radius 3 is 2.47 bits per heavy atom. The number of aromatic nitrogens is 2. The molecule has 2 N–H and O–H groups in total. The van der Waals surface area contributed by atoms with Crippen LogP contribution in [0.2, 0.25) is 0 Å². The van der Waals surface area contributed by atoms with Gasteiger partial charge in [0.1, 0.15) is 0 Å². The molecule has 7 heteroatoms. The van der Waals surface area contributed by atoms with Crippen molar-refractivity contribution in [3.05, 3.63) is 35.5 Å². The van der Waals surface area contributed by atoms with Crippen molar-refractivity contribution >= 4 is 0 Å². The fourth-order valence-corrected chi connectivity index (χ4v) is 1.61. The van der Waals surface area contributed by atoms with E-state index in [4.69, 9.17) is 10.3 Å². The van der Waals surface area contributed by atoms with E-state index in [9.17, 15) is 13.2 Å². The van der Waals surface area contributed by atoms with Crippen molar-refractivity contribution in [2.24, 2.45) is 5.73 Å². The molecule has 0 aliphatic rings. The van der Waals surface area contributed by atoms with Gasteiger partial charge in [-0.1, -0.05) is 12.1 Å². The zero-order chi connectivity index (χ0) is 14.0. The van der Waals surface area contributed by atoms with Gasteiger partial charge < -0.3 is 10.3 Å². The molecule has 1 aromatic heterocycles. The fourth-order valence-electron chi connectivity index (χ4n) is 1.61. The lowest BCUT2D eigenvalue weighted by Gasteiger charge is -2.02. The van der Waals surface area contributed by atoms with Crippen molar-refractivity contribution in [2.75, 3.05) is 6.54 Å². The average molecular weight is 271 g/mol. The Labute approximate surface area is 107 Å². The molecule has 0 saturated heterocycles. The van der Waals surface area contributed by atoms with Gasteiger partial charge in [-0.3, -0.25) is 0 Å². The maximum Gasteiger partial charge on any atom is 0.229 e. The minimum atomic E-state index is -1.52. The van der Waals surface area contributed by atoms with E-state index in [1.165, 1.54) is 0 Å². The minimum Gasteiger partial charge on any atom is -0.339 e. The van der Waals surface area contributed by atoms with Crippen LogP contribution in [0.3, 0.4) is 0 Å². The highest BCUT2D eigenvalue weighted by molar-refractivity contribution is 5.54. The molecule has 0 aliphatic carbocycles. The monoisotopic (exact) mass is 271 g/mol. The first kappa shape index (κ1) is 13.5. The van der Waals surface area contributed by atoms with E-state index in [1.807, 2.05) is 6.92 Å². The third-order valence-corrected chi connectivity index (χ3v) is 2.71. The molecule has 0 bridgehead atoms. The Kier molecular flexibility index (Phi) is 3.84. The lowest BCUT2D eigenvalue weighted by Crippen LogP contribution is -2.04. The van der Waals surface area contributed by atoms with Crippen molar-refractivity contribution in [1.82, 2.24) is 10.1 Å². The number of hydrogen-bond donors (Lipinski definition) is 1. The van der Waals surface area contributed by atoms with Gasteiger partial charge in [0.05, 0.1) is 0 Å². The van der Waals surface area contributed by atoms with Crippen LogP contribution in [0.1, 0.15) is 25.2 Å². The Balaban J connectivity index is 2.33. The molecule has 19 heavy (non-hydrogen) atoms. The van der Waals surface area contributed by atoms with E-state index in [1.54, 1.807) is 0 Å². The van der Waals surface area contributed by atoms with Crippen LogP contribution in [-0.2, 0) is 0 Å². The van der Waals surface area contributed by atoms with Gasteiger partial charge in [0, 0.05) is 11.5 Å². The second kappa shape index (κ2) is 5.40. The van der Waals surface area contributed by atoms with Gasteiger partial charge in [-0.15, -0.1) is 0 Å². The molecule has 1 unspecified atom stereocenters. The van der Waals surface area contributed by atoms with Crippen molar-refractivity contribution in [3.63, 3.8) is 0 Å². The van der Waals surface area contributed by atoms with Gasteiger partial charge in [0.2, 0.25) is 11.7 Å². The molecule has 0 aliphatic heterocycles. The van der Waals surface area contributed by atoms with Gasteiger partial charge in [0.15, 0.2) is 17.5 Å². The van der Waals surface area contributed by atoms with Crippen LogP contribution in [0, 0.1) is 17.5 Å². The van der Waals surface area contributed by atoms with E-state index >= 15 is 0 Å². The van der Waals surface area contributed by atoms with Crippen LogP contribution in [0.15, 0.2) is 16.7 Å². The number of hydrogen-bond acceptors (Lipinski definition) is 4. The molecule has 102 valence electrons. The van der Waals surface area contributed by atoms with Gasteiger partial charge in [-0.05, 0) is 25.1 Å². The van der Waals surface area contributed by atoms with Crippen LogP contribution >= 0.6 is 0 Å². The number of rotatable bonds is 4. The SMILES string of the molecule is CC(CCN)c1nc(-c2cc(F)c(F)c(F)c2)no1. The molecular weight excluding hydrogens is 259 g/mol. The molecule has 0 fully saturated rings. The number of nitrogens with zero attached hydrogens (tertiary/aromatic N) is 2. The van der Waals surface area contributed by atoms with E-state index in [0.717, 1.165) is 12.1 Å². The molecule has 1 aromatic carbocycles. The third-order valence-electron chi connectivity index (χ3n) is 2.71. The summed E-state index contributed by atoms with van der Waals surface area (Å²) >= 11 is 0. The second-order valence-corrected chi connectivity index (χ2v) is 4.19. The lowest BCUT2D eigenvalue weighted by atomic mass is 10.1. The number of halogens is 3. The lowest BCUT2D eigenvalue weighted by molar-refractivity contribution is 0.355. The highest BCUT2D eigenvalue weighted by Gasteiger charge is 2.17. The molecular formula is C12H12F3N3O. The van der Waals surface area contributed by atoms with Crippen LogP contribution in [-0.4, -0.2) is 16.7 Å². The molecule has 1 atom stereocenters. The Morgan fingerprint density at radius 2 is 1.89 bits per heavy atom. The molecule has 0 spiro atoms. The van der Waals surface area contributed by atoms with Gasteiger partial charge in [-0.2, -0.15) is 4.98 Å². The highest BCUT2D eigenvalue weighted by atomic mass is 19.2. The Hall–Kier alpha value is -1.89. The Morgan fingerprint density at radius 1 is 1.26 bits per heavy atom. The molecule has 0 amide bonds. The topological polar surface area (TPSA) is 64.9 Å². The molecule has 2 rings (SSSR count). The van der Waals surface area contributed by atoms with E-state index in [2.05, 4.69) is 10.1 Å². The van der Waals surface area contributed by atoms with Gasteiger partial charge in [0.25, 0.3) is 0 Å². The second-order valence-electron chi connectivity index (χ2n) is 4.19. The summed E-state index contributed by atoms with van der Waals surface area (Å²) in [7, 11) is 0. The zero-order valence-corrected chi connectivity index (χ0v) is 10.2. The standard InChI is InChI=1S/C12H12F3N3O/c1-6(2-3-16)12-17-11(18-19-12)7-4-8(13)10(15)9(14)5-7/h4-6H,2-3,16H2,1H3. The van der Waals surface area contributed by atoms with Gasteiger partial charge in [-0.25, -0.2) is 13.2 Å². The first-order valence-electron chi connectivity index (χ1n) is 5.71. The van der Waals surface area contributed by atoms with E-state index < -0.39 is 17.5 Å². The molecule has 0 saturated carbocycles. The minimum absolute atomic E-state index is 0.0108. The summed E-state index contributed by atoms with van der Waals surface area (Å²) < 4.78 is 44.0. The fraction of sp³-hybridized carbons (Fsp3) is 0.333. The Bertz CT molecular complexity index is 562. The largest absolute Gasteiger partial charge is 0.339 e. The molecule has 0 radical (unpaired) electrons. The predicted molar refractivity (Wildman–Crippen MR) is 61.7 cm³/mol. The average Bonchev–Trinajstić information content (AvgIpc) is 2.85. The summed E-state index contributed by atoms with van der Waals surface area (Å²) in [5.41, 5.74) is 5.43. The number of nitrogens with two attached hydrogens (primary N) is 1.